The number of hydrogen-bond donors (Lipinski definition) is 1. The molecule has 2 aromatic carbocycles. The van der Waals surface area contributed by atoms with Gasteiger partial charge in [0.1, 0.15) is 0 Å². The molecule has 0 heterocycles. The maximum atomic E-state index is 13.4. The van der Waals surface area contributed by atoms with Crippen molar-refractivity contribution < 1.29 is 26.9 Å². The second-order valence-electron chi connectivity index (χ2n) is 8.74. The normalized spacial score (nSPS) is 11.6. The molecule has 0 bridgehead atoms. The number of benzene rings is 2. The SMILES string of the molecule is COCCN(Cc1ccc(OC)c(OS(C)(=O)=O)c1)C(=O)Nc1c(C(C)C)cccc1C(C)C. The Hall–Kier alpha value is -2.78. The van der Waals surface area contributed by atoms with E-state index in [1.165, 1.54) is 7.11 Å². The minimum Gasteiger partial charge on any atom is -0.493 e. The van der Waals surface area contributed by atoms with Crippen LogP contribution in [-0.2, 0) is 21.4 Å². The molecule has 2 aromatic rings. The third-order valence-corrected chi connectivity index (χ3v) is 5.78. The van der Waals surface area contributed by atoms with Crippen LogP contribution in [0.15, 0.2) is 36.4 Å². The van der Waals surface area contributed by atoms with E-state index in [0.717, 1.165) is 23.1 Å². The summed E-state index contributed by atoms with van der Waals surface area (Å²) in [5.74, 6) is 0.828. The quantitative estimate of drug-likeness (QED) is 0.446. The summed E-state index contributed by atoms with van der Waals surface area (Å²) in [4.78, 5) is 15.0. The number of hydrogen-bond acceptors (Lipinski definition) is 6. The highest BCUT2D eigenvalue weighted by molar-refractivity contribution is 7.86. The second-order valence-corrected chi connectivity index (χ2v) is 10.3. The Kier molecular flexibility index (Phi) is 9.76. The zero-order valence-electron chi connectivity index (χ0n) is 21.0. The van der Waals surface area contributed by atoms with Crippen LogP contribution in [0.5, 0.6) is 11.5 Å². The van der Waals surface area contributed by atoms with Crippen molar-refractivity contribution in [1.82, 2.24) is 4.90 Å². The van der Waals surface area contributed by atoms with Crippen molar-refractivity contribution in [2.45, 2.75) is 46.1 Å². The minimum atomic E-state index is -3.75. The van der Waals surface area contributed by atoms with E-state index in [1.54, 1.807) is 30.2 Å². The smallest absolute Gasteiger partial charge is 0.322 e. The number of anilines is 1. The van der Waals surface area contributed by atoms with Crippen LogP contribution in [0.4, 0.5) is 10.5 Å². The summed E-state index contributed by atoms with van der Waals surface area (Å²) < 4.78 is 38.8. The van der Waals surface area contributed by atoms with Gasteiger partial charge in [0.2, 0.25) is 0 Å². The third kappa shape index (κ3) is 7.63. The maximum Gasteiger partial charge on any atom is 0.322 e. The van der Waals surface area contributed by atoms with Crippen LogP contribution in [0, 0.1) is 0 Å². The summed E-state index contributed by atoms with van der Waals surface area (Å²) in [5.41, 5.74) is 3.65. The third-order valence-electron chi connectivity index (χ3n) is 5.30. The number of urea groups is 1. The molecule has 9 heteroatoms. The molecule has 0 aliphatic heterocycles. The number of carbonyl (C=O) groups excluding carboxylic acids is 1. The molecule has 0 aliphatic carbocycles. The van der Waals surface area contributed by atoms with Crippen molar-refractivity contribution >= 4 is 21.8 Å². The number of nitrogens with zero attached hydrogens (tertiary/aromatic N) is 1. The molecule has 34 heavy (non-hydrogen) atoms. The summed E-state index contributed by atoms with van der Waals surface area (Å²) in [7, 11) is -0.738. The molecule has 188 valence electrons. The van der Waals surface area contributed by atoms with Gasteiger partial charge in [-0.1, -0.05) is 52.0 Å². The molecule has 0 fully saturated rings. The molecular formula is C25H36N2O6S. The molecule has 0 aromatic heterocycles. The lowest BCUT2D eigenvalue weighted by molar-refractivity contribution is 0.152. The predicted octanol–water partition coefficient (Wildman–Crippen LogP) is 4.96. The molecule has 0 saturated carbocycles. The molecule has 0 aliphatic rings. The van der Waals surface area contributed by atoms with E-state index in [-0.39, 0.29) is 35.9 Å². The molecule has 2 rings (SSSR count). The molecule has 2 amide bonds. The maximum absolute atomic E-state index is 13.4. The van der Waals surface area contributed by atoms with Gasteiger partial charge in [0.05, 0.1) is 20.0 Å². The van der Waals surface area contributed by atoms with Crippen LogP contribution in [0.2, 0.25) is 0 Å². The largest absolute Gasteiger partial charge is 0.493 e. The van der Waals surface area contributed by atoms with Crippen LogP contribution in [-0.4, -0.2) is 53.0 Å². The highest BCUT2D eigenvalue weighted by atomic mass is 32.2. The van der Waals surface area contributed by atoms with Gasteiger partial charge in [-0.15, -0.1) is 0 Å². The molecule has 0 saturated heterocycles. The topological polar surface area (TPSA) is 94.2 Å². The number of carbonyl (C=O) groups is 1. The minimum absolute atomic E-state index is 0.0712. The second kappa shape index (κ2) is 12.1. The number of ether oxygens (including phenoxy) is 2. The monoisotopic (exact) mass is 492 g/mol. The fourth-order valence-electron chi connectivity index (χ4n) is 3.60. The van der Waals surface area contributed by atoms with Crippen LogP contribution in [0.25, 0.3) is 0 Å². The number of rotatable bonds is 11. The van der Waals surface area contributed by atoms with E-state index in [1.807, 2.05) is 18.2 Å². The van der Waals surface area contributed by atoms with Crippen LogP contribution in [0.1, 0.15) is 56.2 Å². The van der Waals surface area contributed by atoms with Crippen molar-refractivity contribution in [3.63, 3.8) is 0 Å². The Labute approximate surface area is 203 Å². The zero-order valence-corrected chi connectivity index (χ0v) is 21.9. The first kappa shape index (κ1) is 27.5. The van der Waals surface area contributed by atoms with E-state index in [0.29, 0.717) is 18.7 Å². The first-order valence-electron chi connectivity index (χ1n) is 11.2. The van der Waals surface area contributed by atoms with Gasteiger partial charge in [0.15, 0.2) is 11.5 Å². The summed E-state index contributed by atoms with van der Waals surface area (Å²) >= 11 is 0. The Morgan fingerprint density at radius 2 is 1.62 bits per heavy atom. The van der Waals surface area contributed by atoms with Gasteiger partial charge in [-0.2, -0.15) is 8.42 Å². The average Bonchev–Trinajstić information content (AvgIpc) is 2.75. The van der Waals surface area contributed by atoms with E-state index in [4.69, 9.17) is 13.7 Å². The number of nitrogens with one attached hydrogen (secondary N) is 1. The van der Waals surface area contributed by atoms with Crippen molar-refractivity contribution in [3.05, 3.63) is 53.1 Å². The van der Waals surface area contributed by atoms with Gasteiger partial charge >= 0.3 is 16.1 Å². The summed E-state index contributed by atoms with van der Waals surface area (Å²) in [5, 5.41) is 3.13. The molecule has 0 unspecified atom stereocenters. The van der Waals surface area contributed by atoms with E-state index >= 15 is 0 Å². The number of para-hydroxylation sites is 1. The first-order valence-corrected chi connectivity index (χ1v) is 13.0. The van der Waals surface area contributed by atoms with E-state index in [9.17, 15) is 13.2 Å². The van der Waals surface area contributed by atoms with Gasteiger partial charge in [-0.3, -0.25) is 0 Å². The Balaban J connectivity index is 2.37. The van der Waals surface area contributed by atoms with Gasteiger partial charge in [-0.05, 0) is 40.7 Å². The summed E-state index contributed by atoms with van der Waals surface area (Å²) in [6.45, 7) is 9.30. The van der Waals surface area contributed by atoms with E-state index < -0.39 is 10.1 Å². The first-order chi connectivity index (χ1) is 16.0. The fourth-order valence-corrected chi connectivity index (χ4v) is 4.06. The average molecular weight is 493 g/mol. The lowest BCUT2D eigenvalue weighted by Crippen LogP contribution is -2.37. The number of methoxy groups -OCH3 is 2. The van der Waals surface area contributed by atoms with Gasteiger partial charge < -0.3 is 23.9 Å². The van der Waals surface area contributed by atoms with Crippen molar-refractivity contribution in [2.75, 3.05) is 38.9 Å². The predicted molar refractivity (Wildman–Crippen MR) is 134 cm³/mol. The zero-order chi connectivity index (χ0) is 25.5. The Morgan fingerprint density at radius 3 is 2.12 bits per heavy atom. The molecule has 1 N–H and O–H groups in total. The Bertz CT molecular complexity index is 1060. The van der Waals surface area contributed by atoms with Gasteiger partial charge in [0.25, 0.3) is 0 Å². The van der Waals surface area contributed by atoms with Crippen molar-refractivity contribution in [3.8, 4) is 11.5 Å². The van der Waals surface area contributed by atoms with Crippen LogP contribution in [0.3, 0.4) is 0 Å². The summed E-state index contributed by atoms with van der Waals surface area (Å²) in [6.07, 6.45) is 0.968. The fraction of sp³-hybridized carbons (Fsp3) is 0.480. The highest BCUT2D eigenvalue weighted by Gasteiger charge is 2.21. The van der Waals surface area contributed by atoms with Crippen LogP contribution < -0.4 is 14.2 Å². The highest BCUT2D eigenvalue weighted by Crippen LogP contribution is 2.33. The lowest BCUT2D eigenvalue weighted by Gasteiger charge is -2.26. The lowest BCUT2D eigenvalue weighted by atomic mass is 9.93. The molecule has 0 radical (unpaired) electrons. The van der Waals surface area contributed by atoms with Gasteiger partial charge in [-0.25, -0.2) is 4.79 Å². The standard InChI is InChI=1S/C25H36N2O6S/c1-17(2)20-9-8-10-21(18(3)4)24(20)26-25(28)27(13-14-31-5)16-19-11-12-22(32-6)23(15-19)33-34(7,29)30/h8-12,15,17-18H,13-14,16H2,1-7H3,(H,26,28). The molecule has 0 atom stereocenters. The molecular weight excluding hydrogens is 456 g/mol. The molecule has 0 spiro atoms. The summed E-state index contributed by atoms with van der Waals surface area (Å²) in [6, 6.07) is 10.8. The Morgan fingerprint density at radius 1 is 1.00 bits per heavy atom. The van der Waals surface area contributed by atoms with Crippen LogP contribution >= 0.6 is 0 Å². The molecule has 8 nitrogen and oxygen atoms in total. The van der Waals surface area contributed by atoms with Crippen molar-refractivity contribution in [2.24, 2.45) is 0 Å². The van der Waals surface area contributed by atoms with Gasteiger partial charge in [0, 0.05) is 25.9 Å². The number of amides is 2. The van der Waals surface area contributed by atoms with E-state index in [2.05, 4.69) is 33.0 Å². The van der Waals surface area contributed by atoms with Crippen molar-refractivity contribution in [1.29, 1.82) is 0 Å².